The Labute approximate surface area is 108 Å². The molecule has 6 heteroatoms. The van der Waals surface area contributed by atoms with E-state index >= 15 is 0 Å². The maximum atomic E-state index is 5.27. The van der Waals surface area contributed by atoms with E-state index in [4.69, 9.17) is 5.84 Å². The third-order valence-electron chi connectivity index (χ3n) is 3.48. The average Bonchev–Trinajstić information content (AvgIpc) is 2.41. The second-order valence-electron chi connectivity index (χ2n) is 4.87. The van der Waals surface area contributed by atoms with Crippen molar-refractivity contribution in [3.8, 4) is 0 Å². The van der Waals surface area contributed by atoms with Gasteiger partial charge in [-0.15, -0.1) is 0 Å². The largest absolute Gasteiger partial charge is 0.370 e. The Kier molecular flexibility index (Phi) is 4.72. The highest BCUT2D eigenvalue weighted by Gasteiger charge is 2.15. The van der Waals surface area contributed by atoms with Crippen molar-refractivity contribution in [3.63, 3.8) is 0 Å². The molecule has 2 rings (SSSR count). The van der Waals surface area contributed by atoms with Crippen molar-refractivity contribution in [2.75, 3.05) is 37.4 Å². The van der Waals surface area contributed by atoms with Gasteiger partial charge in [-0.05, 0) is 51.4 Å². The van der Waals surface area contributed by atoms with Crippen LogP contribution in [-0.4, -0.2) is 41.5 Å². The fourth-order valence-corrected chi connectivity index (χ4v) is 2.28. The Morgan fingerprint density at radius 2 is 2.22 bits per heavy atom. The molecule has 0 bridgehead atoms. The monoisotopic (exact) mass is 250 g/mol. The number of aromatic nitrogens is 2. The molecule has 0 aromatic carbocycles. The predicted octanol–water partition coefficient (Wildman–Crippen LogP) is 0.906. The van der Waals surface area contributed by atoms with Crippen LogP contribution in [0.15, 0.2) is 12.3 Å². The van der Waals surface area contributed by atoms with Crippen molar-refractivity contribution in [3.05, 3.63) is 12.3 Å². The predicted molar refractivity (Wildman–Crippen MR) is 73.2 cm³/mol. The molecule has 6 nitrogen and oxygen atoms in total. The summed E-state index contributed by atoms with van der Waals surface area (Å²) in [5.41, 5.74) is 2.44. The molecule has 1 aromatic rings. The van der Waals surface area contributed by atoms with E-state index in [2.05, 4.69) is 32.7 Å². The first-order valence-electron chi connectivity index (χ1n) is 6.50. The Bertz CT molecular complexity index is 361. The highest BCUT2D eigenvalue weighted by atomic mass is 15.3. The smallest absolute Gasteiger partial charge is 0.239 e. The quantitative estimate of drug-likeness (QED) is 0.532. The molecular weight excluding hydrogens is 228 g/mol. The number of rotatable bonds is 5. The number of hydrogen-bond acceptors (Lipinski definition) is 6. The van der Waals surface area contributed by atoms with Gasteiger partial charge in [-0.3, -0.25) is 5.43 Å². The van der Waals surface area contributed by atoms with E-state index in [0.717, 1.165) is 18.3 Å². The van der Waals surface area contributed by atoms with Crippen LogP contribution in [0.4, 0.5) is 11.8 Å². The number of piperidine rings is 1. The Balaban J connectivity index is 1.71. The van der Waals surface area contributed by atoms with Crippen LogP contribution in [0.3, 0.4) is 0 Å². The fourth-order valence-electron chi connectivity index (χ4n) is 2.28. The van der Waals surface area contributed by atoms with Gasteiger partial charge < -0.3 is 10.2 Å². The standard InChI is InChI=1S/C12H22N6/c1-18-8-4-10(5-9-18)2-6-14-11-3-7-15-12(16-11)17-13/h3,7,10H,2,4-6,8-9,13H2,1H3,(H2,14,15,16,17). The Morgan fingerprint density at radius 1 is 1.44 bits per heavy atom. The zero-order chi connectivity index (χ0) is 12.8. The van der Waals surface area contributed by atoms with Gasteiger partial charge in [-0.2, -0.15) is 4.98 Å². The van der Waals surface area contributed by atoms with E-state index in [1.165, 1.54) is 32.4 Å². The highest BCUT2D eigenvalue weighted by Crippen LogP contribution is 2.19. The molecule has 1 saturated heterocycles. The van der Waals surface area contributed by atoms with Crippen LogP contribution >= 0.6 is 0 Å². The lowest BCUT2D eigenvalue weighted by Crippen LogP contribution is -2.30. The molecular formula is C12H22N6. The van der Waals surface area contributed by atoms with Crippen molar-refractivity contribution in [1.29, 1.82) is 0 Å². The molecule has 0 unspecified atom stereocenters. The molecule has 0 radical (unpaired) electrons. The first-order chi connectivity index (χ1) is 8.78. The van der Waals surface area contributed by atoms with Crippen molar-refractivity contribution in [2.45, 2.75) is 19.3 Å². The average molecular weight is 250 g/mol. The minimum absolute atomic E-state index is 0.444. The molecule has 0 amide bonds. The molecule has 18 heavy (non-hydrogen) atoms. The molecule has 1 aliphatic rings. The van der Waals surface area contributed by atoms with Gasteiger partial charge in [-0.25, -0.2) is 10.8 Å². The number of nitrogens with two attached hydrogens (primary N) is 1. The van der Waals surface area contributed by atoms with E-state index in [1.54, 1.807) is 6.20 Å². The number of nitrogens with one attached hydrogen (secondary N) is 2. The van der Waals surface area contributed by atoms with Crippen LogP contribution in [0.1, 0.15) is 19.3 Å². The van der Waals surface area contributed by atoms with Crippen molar-refractivity contribution in [2.24, 2.45) is 11.8 Å². The third kappa shape index (κ3) is 3.82. The normalized spacial score (nSPS) is 17.7. The summed E-state index contributed by atoms with van der Waals surface area (Å²) in [4.78, 5) is 10.6. The minimum atomic E-state index is 0.444. The van der Waals surface area contributed by atoms with Gasteiger partial charge in [0.25, 0.3) is 0 Å². The van der Waals surface area contributed by atoms with Crippen LogP contribution in [0.25, 0.3) is 0 Å². The number of likely N-dealkylation sites (tertiary alicyclic amines) is 1. The number of anilines is 2. The van der Waals surface area contributed by atoms with Crippen molar-refractivity contribution >= 4 is 11.8 Å². The lowest BCUT2D eigenvalue weighted by Gasteiger charge is -2.28. The molecule has 0 aliphatic carbocycles. The molecule has 0 spiro atoms. The van der Waals surface area contributed by atoms with E-state index < -0.39 is 0 Å². The van der Waals surface area contributed by atoms with Crippen LogP contribution in [0.5, 0.6) is 0 Å². The van der Waals surface area contributed by atoms with Gasteiger partial charge in [0.15, 0.2) is 0 Å². The second-order valence-corrected chi connectivity index (χ2v) is 4.87. The van der Waals surface area contributed by atoms with Gasteiger partial charge >= 0.3 is 0 Å². The summed E-state index contributed by atoms with van der Waals surface area (Å²) < 4.78 is 0. The van der Waals surface area contributed by atoms with Crippen LogP contribution in [0.2, 0.25) is 0 Å². The molecule has 4 N–H and O–H groups in total. The number of nitrogens with zero attached hydrogens (tertiary/aromatic N) is 3. The van der Waals surface area contributed by atoms with Crippen molar-refractivity contribution in [1.82, 2.24) is 14.9 Å². The number of hydrogen-bond donors (Lipinski definition) is 3. The molecule has 2 heterocycles. The van der Waals surface area contributed by atoms with Crippen LogP contribution in [-0.2, 0) is 0 Å². The summed E-state index contributed by atoms with van der Waals surface area (Å²) in [6.07, 6.45) is 5.50. The highest BCUT2D eigenvalue weighted by molar-refractivity contribution is 5.38. The maximum absolute atomic E-state index is 5.27. The topological polar surface area (TPSA) is 79.1 Å². The summed E-state index contributed by atoms with van der Waals surface area (Å²) in [7, 11) is 2.19. The van der Waals surface area contributed by atoms with Crippen LogP contribution in [0, 0.1) is 5.92 Å². The third-order valence-corrected chi connectivity index (χ3v) is 3.48. The molecule has 1 fully saturated rings. The molecule has 0 saturated carbocycles. The first-order valence-corrected chi connectivity index (χ1v) is 6.50. The van der Waals surface area contributed by atoms with E-state index in [1.807, 2.05) is 6.07 Å². The Morgan fingerprint density at radius 3 is 2.94 bits per heavy atom. The SMILES string of the molecule is CN1CCC(CCNc2ccnc(NN)n2)CC1. The maximum Gasteiger partial charge on any atom is 0.239 e. The Hall–Kier alpha value is -1.40. The van der Waals surface area contributed by atoms with Crippen molar-refractivity contribution < 1.29 is 0 Å². The number of hydrazine groups is 1. The van der Waals surface area contributed by atoms with Gasteiger partial charge in [-0.1, -0.05) is 0 Å². The minimum Gasteiger partial charge on any atom is -0.370 e. The van der Waals surface area contributed by atoms with E-state index in [-0.39, 0.29) is 0 Å². The lowest BCUT2D eigenvalue weighted by molar-refractivity contribution is 0.215. The van der Waals surface area contributed by atoms with E-state index in [9.17, 15) is 0 Å². The summed E-state index contributed by atoms with van der Waals surface area (Å²) in [6.45, 7) is 3.40. The fraction of sp³-hybridized carbons (Fsp3) is 0.667. The lowest BCUT2D eigenvalue weighted by atomic mass is 9.94. The molecule has 1 aliphatic heterocycles. The number of nitrogen functional groups attached to an aromatic ring is 1. The van der Waals surface area contributed by atoms with Gasteiger partial charge in [0, 0.05) is 12.7 Å². The van der Waals surface area contributed by atoms with Gasteiger partial charge in [0.2, 0.25) is 5.95 Å². The zero-order valence-corrected chi connectivity index (χ0v) is 10.9. The molecule has 1 aromatic heterocycles. The molecule has 100 valence electrons. The zero-order valence-electron chi connectivity index (χ0n) is 10.9. The summed E-state index contributed by atoms with van der Waals surface area (Å²) in [5.74, 6) is 7.37. The second kappa shape index (κ2) is 6.51. The van der Waals surface area contributed by atoms with Crippen LogP contribution < -0.4 is 16.6 Å². The van der Waals surface area contributed by atoms with Gasteiger partial charge in [0.05, 0.1) is 0 Å². The first kappa shape index (κ1) is 13.0. The summed E-state index contributed by atoms with van der Waals surface area (Å²) in [5, 5.41) is 3.32. The van der Waals surface area contributed by atoms with Gasteiger partial charge in [0.1, 0.15) is 5.82 Å². The summed E-state index contributed by atoms with van der Waals surface area (Å²) in [6, 6.07) is 1.86. The molecule has 0 atom stereocenters. The summed E-state index contributed by atoms with van der Waals surface area (Å²) >= 11 is 0. The van der Waals surface area contributed by atoms with E-state index in [0.29, 0.717) is 5.95 Å².